The maximum Gasteiger partial charge on any atom is 0.277 e. The molecule has 7 heteroatoms. The molecule has 0 radical (unpaired) electrons. The zero-order valence-corrected chi connectivity index (χ0v) is 18.9. The fourth-order valence-electron chi connectivity index (χ4n) is 4.29. The van der Waals surface area contributed by atoms with Crippen LogP contribution in [0.25, 0.3) is 11.5 Å². The van der Waals surface area contributed by atoms with Gasteiger partial charge in [0, 0.05) is 18.7 Å². The Morgan fingerprint density at radius 1 is 1.00 bits per heavy atom. The number of piperidine rings is 1. The molecule has 0 unspecified atom stereocenters. The molecule has 4 aromatic rings. The predicted octanol–water partition coefficient (Wildman–Crippen LogP) is 4.79. The molecule has 7 nitrogen and oxygen atoms in total. The quantitative estimate of drug-likeness (QED) is 0.451. The Kier molecular flexibility index (Phi) is 5.86. The van der Waals surface area contributed by atoms with Gasteiger partial charge in [-0.15, -0.1) is 0 Å². The second-order valence-electron chi connectivity index (χ2n) is 8.53. The van der Waals surface area contributed by atoms with Crippen molar-refractivity contribution >= 4 is 17.4 Å². The third-order valence-corrected chi connectivity index (χ3v) is 6.26. The highest BCUT2D eigenvalue weighted by atomic mass is 16.4. The first-order chi connectivity index (χ1) is 16.5. The van der Waals surface area contributed by atoms with Crippen LogP contribution >= 0.6 is 0 Å². The topological polar surface area (TPSA) is 91.5 Å². The minimum Gasteiger partial charge on any atom is -0.441 e. The van der Waals surface area contributed by atoms with E-state index in [0.717, 1.165) is 16.9 Å². The lowest BCUT2D eigenvalue weighted by atomic mass is 9.84. The first-order valence-electron chi connectivity index (χ1n) is 11.3. The number of aromatic nitrogens is 2. The Bertz CT molecular complexity index is 1260. The van der Waals surface area contributed by atoms with Crippen LogP contribution in [0.2, 0.25) is 0 Å². The van der Waals surface area contributed by atoms with Crippen molar-refractivity contribution in [1.82, 2.24) is 9.97 Å². The molecule has 2 N–H and O–H groups in total. The molecule has 3 heterocycles. The van der Waals surface area contributed by atoms with E-state index in [4.69, 9.17) is 4.42 Å². The lowest BCUT2D eigenvalue weighted by Crippen LogP contribution is -2.42. The first-order valence-corrected chi connectivity index (χ1v) is 11.3. The standard InChI is InChI=1S/C27H26N4O3/c1-19-24(30-26(34-19)20-8-4-2-5-9-20)25(32)29-22-12-13-23(28-18-22)31-16-14-27(33,15-17-31)21-10-6-3-7-11-21/h2-13,18,33H,14-17H2,1H3,(H,29,32). The summed E-state index contributed by atoms with van der Waals surface area (Å²) in [5.74, 6) is 1.35. The van der Waals surface area contributed by atoms with E-state index in [-0.39, 0.29) is 11.6 Å². The fourth-order valence-corrected chi connectivity index (χ4v) is 4.29. The number of anilines is 2. The third kappa shape index (κ3) is 4.43. The van der Waals surface area contributed by atoms with Crippen LogP contribution in [0, 0.1) is 6.92 Å². The zero-order chi connectivity index (χ0) is 23.5. The molecule has 2 aromatic carbocycles. The molecule has 0 atom stereocenters. The molecule has 0 spiro atoms. The Hall–Kier alpha value is -3.97. The molecule has 34 heavy (non-hydrogen) atoms. The number of nitrogens with zero attached hydrogens (tertiary/aromatic N) is 3. The average molecular weight is 455 g/mol. The molecule has 1 saturated heterocycles. The molecular weight excluding hydrogens is 428 g/mol. The maximum absolute atomic E-state index is 12.8. The van der Waals surface area contributed by atoms with Crippen LogP contribution in [0.3, 0.4) is 0 Å². The summed E-state index contributed by atoms with van der Waals surface area (Å²) < 4.78 is 5.69. The Balaban J connectivity index is 1.22. The van der Waals surface area contributed by atoms with E-state index in [9.17, 15) is 9.90 Å². The summed E-state index contributed by atoms with van der Waals surface area (Å²) in [7, 11) is 0. The van der Waals surface area contributed by atoms with Gasteiger partial charge in [-0.25, -0.2) is 9.97 Å². The van der Waals surface area contributed by atoms with Crippen molar-refractivity contribution in [2.24, 2.45) is 0 Å². The van der Waals surface area contributed by atoms with Crippen LogP contribution in [0.5, 0.6) is 0 Å². The molecule has 0 saturated carbocycles. The SMILES string of the molecule is Cc1oc(-c2ccccc2)nc1C(=O)Nc1ccc(N2CCC(O)(c3ccccc3)CC2)nc1. The molecule has 0 bridgehead atoms. The highest BCUT2D eigenvalue weighted by Gasteiger charge is 2.34. The number of oxazole rings is 1. The van der Waals surface area contributed by atoms with Crippen molar-refractivity contribution in [2.75, 3.05) is 23.3 Å². The van der Waals surface area contributed by atoms with Gasteiger partial charge in [0.05, 0.1) is 17.5 Å². The van der Waals surface area contributed by atoms with E-state index in [0.29, 0.717) is 43.3 Å². The highest BCUT2D eigenvalue weighted by molar-refractivity contribution is 6.03. The lowest BCUT2D eigenvalue weighted by molar-refractivity contribution is 0.0116. The van der Waals surface area contributed by atoms with Gasteiger partial charge in [0.1, 0.15) is 11.6 Å². The van der Waals surface area contributed by atoms with Crippen molar-refractivity contribution in [3.8, 4) is 11.5 Å². The molecule has 1 amide bonds. The van der Waals surface area contributed by atoms with E-state index < -0.39 is 5.60 Å². The molecule has 1 aliphatic rings. The Labute approximate surface area is 198 Å². The minimum absolute atomic E-state index is 0.249. The van der Waals surface area contributed by atoms with Gasteiger partial charge in [0.25, 0.3) is 5.91 Å². The first kappa shape index (κ1) is 21.9. The van der Waals surface area contributed by atoms with Crippen LogP contribution < -0.4 is 10.2 Å². The summed E-state index contributed by atoms with van der Waals surface area (Å²) in [5.41, 5.74) is 1.80. The van der Waals surface area contributed by atoms with Crippen molar-refractivity contribution in [1.29, 1.82) is 0 Å². The number of nitrogens with one attached hydrogen (secondary N) is 1. The van der Waals surface area contributed by atoms with E-state index in [1.165, 1.54) is 0 Å². The van der Waals surface area contributed by atoms with Crippen LogP contribution in [-0.2, 0) is 5.60 Å². The summed E-state index contributed by atoms with van der Waals surface area (Å²) in [4.78, 5) is 23.8. The monoisotopic (exact) mass is 454 g/mol. The molecule has 0 aliphatic carbocycles. The summed E-state index contributed by atoms with van der Waals surface area (Å²) in [5, 5.41) is 13.9. The van der Waals surface area contributed by atoms with Gasteiger partial charge < -0.3 is 19.7 Å². The van der Waals surface area contributed by atoms with Crippen LogP contribution in [0.1, 0.15) is 34.7 Å². The normalized spacial score (nSPS) is 15.2. The molecule has 1 fully saturated rings. The molecule has 5 rings (SSSR count). The largest absolute Gasteiger partial charge is 0.441 e. The maximum atomic E-state index is 12.8. The second-order valence-corrected chi connectivity index (χ2v) is 8.53. The Morgan fingerprint density at radius 2 is 1.68 bits per heavy atom. The third-order valence-electron chi connectivity index (χ3n) is 6.26. The number of hydrogen-bond donors (Lipinski definition) is 2. The molecule has 172 valence electrons. The summed E-state index contributed by atoms with van der Waals surface area (Å²) >= 11 is 0. The van der Waals surface area contributed by atoms with E-state index in [1.807, 2.05) is 72.8 Å². The Morgan fingerprint density at radius 3 is 2.32 bits per heavy atom. The fraction of sp³-hybridized carbons (Fsp3) is 0.222. The number of rotatable bonds is 5. The number of benzene rings is 2. The van der Waals surface area contributed by atoms with Gasteiger partial charge in [0.15, 0.2) is 5.69 Å². The van der Waals surface area contributed by atoms with Crippen molar-refractivity contribution in [3.05, 3.63) is 96.0 Å². The number of aliphatic hydroxyl groups is 1. The average Bonchev–Trinajstić information content (AvgIpc) is 3.28. The number of carbonyl (C=O) groups is 1. The number of pyridine rings is 1. The van der Waals surface area contributed by atoms with Gasteiger partial charge >= 0.3 is 0 Å². The lowest BCUT2D eigenvalue weighted by Gasteiger charge is -2.39. The van der Waals surface area contributed by atoms with E-state index in [1.54, 1.807) is 13.1 Å². The number of aryl methyl sites for hydroxylation is 1. The number of carbonyl (C=O) groups excluding carboxylic acids is 1. The van der Waals surface area contributed by atoms with Crippen molar-refractivity contribution in [2.45, 2.75) is 25.4 Å². The van der Waals surface area contributed by atoms with Gasteiger partial charge in [-0.05, 0) is 49.6 Å². The van der Waals surface area contributed by atoms with Crippen molar-refractivity contribution in [3.63, 3.8) is 0 Å². The van der Waals surface area contributed by atoms with Gasteiger partial charge in [-0.1, -0.05) is 48.5 Å². The van der Waals surface area contributed by atoms with E-state index >= 15 is 0 Å². The highest BCUT2D eigenvalue weighted by Crippen LogP contribution is 2.34. The van der Waals surface area contributed by atoms with Crippen LogP contribution in [0.4, 0.5) is 11.5 Å². The van der Waals surface area contributed by atoms with Gasteiger partial charge in [-0.2, -0.15) is 0 Å². The van der Waals surface area contributed by atoms with E-state index in [2.05, 4.69) is 20.2 Å². The zero-order valence-electron chi connectivity index (χ0n) is 18.9. The summed E-state index contributed by atoms with van der Waals surface area (Å²) in [6.45, 7) is 3.12. The molecule has 2 aromatic heterocycles. The van der Waals surface area contributed by atoms with Gasteiger partial charge in [0.2, 0.25) is 5.89 Å². The number of hydrogen-bond acceptors (Lipinski definition) is 6. The second kappa shape index (κ2) is 9.11. The van der Waals surface area contributed by atoms with Crippen LogP contribution in [-0.4, -0.2) is 34.1 Å². The van der Waals surface area contributed by atoms with Crippen molar-refractivity contribution < 1.29 is 14.3 Å². The predicted molar refractivity (Wildman–Crippen MR) is 131 cm³/mol. The molecular formula is C27H26N4O3. The van der Waals surface area contributed by atoms with Crippen LogP contribution in [0.15, 0.2) is 83.4 Å². The summed E-state index contributed by atoms with van der Waals surface area (Å²) in [6.07, 6.45) is 2.90. The smallest absolute Gasteiger partial charge is 0.277 e. The minimum atomic E-state index is -0.806. The molecule has 1 aliphatic heterocycles. The summed E-state index contributed by atoms with van der Waals surface area (Å²) in [6, 6.07) is 23.0. The van der Waals surface area contributed by atoms with Gasteiger partial charge in [-0.3, -0.25) is 4.79 Å². The number of amides is 1.